The van der Waals surface area contributed by atoms with E-state index >= 15 is 0 Å². The van der Waals surface area contributed by atoms with E-state index in [0.29, 0.717) is 25.2 Å². The molecule has 5 nitrogen and oxygen atoms in total. The standard InChI is InChI=1S/C48H80O5/c1-9-10-11-12-13-14-15-16-17-18-19-20-21-22-23-24-40(50)53-39-26-27-46(6)38(43(39,2)3)25-28-48(8)41(46)37(49)33-35-36-34-45(5,42(51)52)30-29-44(36,4)31-32-47(35,48)7/h33,36,38-39,41H,9-32,34H2,1-8H3,(H,51,52)/t36-,38-,39-,41+,44+,45-,46-,47+,48+/m0/s1. The minimum absolute atomic E-state index is 0.0399. The molecule has 4 fully saturated rings. The van der Waals surface area contributed by atoms with Gasteiger partial charge in [0.15, 0.2) is 5.78 Å². The maximum Gasteiger partial charge on any atom is 0.309 e. The van der Waals surface area contributed by atoms with Gasteiger partial charge in [0, 0.05) is 17.8 Å². The predicted molar refractivity (Wildman–Crippen MR) is 216 cm³/mol. The highest BCUT2D eigenvalue weighted by molar-refractivity contribution is 5.95. The van der Waals surface area contributed by atoms with Gasteiger partial charge in [-0.05, 0) is 111 Å². The fourth-order valence-corrected chi connectivity index (χ4v) is 13.4. The average molecular weight is 737 g/mol. The number of unbranched alkanes of at least 4 members (excludes halogenated alkanes) is 14. The highest BCUT2D eigenvalue weighted by Gasteiger charge is 2.70. The van der Waals surface area contributed by atoms with Crippen LogP contribution in [0.2, 0.25) is 0 Å². The fraction of sp³-hybridized carbons (Fsp3) is 0.896. The van der Waals surface area contributed by atoms with Crippen molar-refractivity contribution in [1.29, 1.82) is 0 Å². The Kier molecular flexibility index (Phi) is 13.5. The van der Waals surface area contributed by atoms with Crippen molar-refractivity contribution in [2.75, 3.05) is 0 Å². The third kappa shape index (κ3) is 8.26. The molecule has 0 spiro atoms. The molecule has 0 unspecified atom stereocenters. The summed E-state index contributed by atoms with van der Waals surface area (Å²) >= 11 is 0. The number of carboxylic acids is 1. The molecule has 0 aromatic heterocycles. The van der Waals surface area contributed by atoms with E-state index in [2.05, 4.69) is 48.5 Å². The minimum Gasteiger partial charge on any atom is -0.481 e. The van der Waals surface area contributed by atoms with Crippen molar-refractivity contribution in [2.45, 2.75) is 222 Å². The van der Waals surface area contributed by atoms with Crippen LogP contribution in [0.1, 0.15) is 216 Å². The molecular formula is C48H80O5. The van der Waals surface area contributed by atoms with Crippen LogP contribution in [0.3, 0.4) is 0 Å². The Morgan fingerprint density at radius 2 is 1.26 bits per heavy atom. The number of allylic oxidation sites excluding steroid dienone is 2. The first-order valence-corrected chi connectivity index (χ1v) is 22.7. The lowest BCUT2D eigenvalue weighted by Crippen LogP contribution is -2.66. The summed E-state index contributed by atoms with van der Waals surface area (Å²) in [6.07, 6.45) is 30.3. The minimum atomic E-state index is -0.736. The van der Waals surface area contributed by atoms with Gasteiger partial charge in [-0.25, -0.2) is 0 Å². The number of carboxylic acid groups (broad SMARTS) is 1. The quantitative estimate of drug-likeness (QED) is 0.112. The second-order valence-corrected chi connectivity index (χ2v) is 21.1. The molecular weight excluding hydrogens is 657 g/mol. The molecule has 302 valence electrons. The number of ketones is 1. The van der Waals surface area contributed by atoms with Gasteiger partial charge < -0.3 is 9.84 Å². The number of carbonyl (C=O) groups excluding carboxylic acids is 2. The van der Waals surface area contributed by atoms with E-state index in [4.69, 9.17) is 4.74 Å². The van der Waals surface area contributed by atoms with E-state index in [9.17, 15) is 19.5 Å². The van der Waals surface area contributed by atoms with Gasteiger partial charge in [0.25, 0.3) is 0 Å². The maximum absolute atomic E-state index is 14.7. The summed E-state index contributed by atoms with van der Waals surface area (Å²) < 4.78 is 6.34. The number of hydrogen-bond acceptors (Lipinski definition) is 4. The van der Waals surface area contributed by atoms with E-state index in [0.717, 1.165) is 57.8 Å². The molecule has 1 N–H and O–H groups in total. The van der Waals surface area contributed by atoms with Crippen LogP contribution in [-0.2, 0) is 19.1 Å². The first-order valence-electron chi connectivity index (χ1n) is 22.7. The second kappa shape index (κ2) is 16.8. The third-order valence-electron chi connectivity index (χ3n) is 17.3. The lowest BCUT2D eigenvalue weighted by atomic mass is 9.33. The van der Waals surface area contributed by atoms with Gasteiger partial charge in [0.2, 0.25) is 0 Å². The Morgan fingerprint density at radius 3 is 1.83 bits per heavy atom. The molecule has 0 aromatic carbocycles. The van der Waals surface area contributed by atoms with Crippen molar-refractivity contribution in [3.05, 3.63) is 11.6 Å². The molecule has 9 atom stereocenters. The molecule has 0 aromatic rings. The van der Waals surface area contributed by atoms with Gasteiger partial charge in [-0.15, -0.1) is 0 Å². The number of ether oxygens (including phenoxy) is 1. The molecule has 0 amide bonds. The Bertz CT molecular complexity index is 1330. The first kappa shape index (κ1) is 42.5. The zero-order valence-electron chi connectivity index (χ0n) is 35.6. The Hall–Kier alpha value is -1.65. The summed E-state index contributed by atoms with van der Waals surface area (Å²) in [6, 6.07) is 0. The van der Waals surface area contributed by atoms with Crippen molar-refractivity contribution < 1.29 is 24.2 Å². The van der Waals surface area contributed by atoms with Gasteiger partial charge in [0.1, 0.15) is 6.10 Å². The van der Waals surface area contributed by atoms with E-state index < -0.39 is 11.4 Å². The van der Waals surface area contributed by atoms with E-state index in [1.165, 1.54) is 89.0 Å². The van der Waals surface area contributed by atoms with E-state index in [1.807, 2.05) is 13.0 Å². The van der Waals surface area contributed by atoms with Crippen LogP contribution in [0.5, 0.6) is 0 Å². The Labute approximate surface area is 325 Å². The number of fused-ring (bicyclic) bond motifs is 7. The van der Waals surface area contributed by atoms with Crippen LogP contribution in [0.25, 0.3) is 0 Å². The van der Waals surface area contributed by atoms with Gasteiger partial charge >= 0.3 is 11.9 Å². The molecule has 53 heavy (non-hydrogen) atoms. The molecule has 0 radical (unpaired) electrons. The lowest BCUT2D eigenvalue weighted by Gasteiger charge is -2.70. The van der Waals surface area contributed by atoms with Crippen molar-refractivity contribution >= 4 is 17.7 Å². The molecule has 0 saturated heterocycles. The normalized spacial score (nSPS) is 38.9. The summed E-state index contributed by atoms with van der Waals surface area (Å²) in [5.74, 6) is -0.0923. The van der Waals surface area contributed by atoms with Crippen LogP contribution < -0.4 is 0 Å². The highest BCUT2D eigenvalue weighted by atomic mass is 16.5. The highest BCUT2D eigenvalue weighted by Crippen LogP contribution is 2.75. The zero-order valence-corrected chi connectivity index (χ0v) is 35.6. The van der Waals surface area contributed by atoms with Crippen molar-refractivity contribution in [3.63, 3.8) is 0 Å². The summed E-state index contributed by atoms with van der Waals surface area (Å²) in [6.45, 7) is 18.4. The van der Waals surface area contributed by atoms with Crippen LogP contribution in [0.15, 0.2) is 11.6 Å². The number of rotatable bonds is 18. The smallest absolute Gasteiger partial charge is 0.309 e. The largest absolute Gasteiger partial charge is 0.481 e. The number of carbonyl (C=O) groups is 3. The molecule has 0 bridgehead atoms. The van der Waals surface area contributed by atoms with Crippen molar-refractivity contribution in [2.24, 2.45) is 50.2 Å². The molecule has 5 rings (SSSR count). The topological polar surface area (TPSA) is 80.7 Å². The van der Waals surface area contributed by atoms with Gasteiger partial charge in [-0.1, -0.05) is 144 Å². The molecule has 0 heterocycles. The number of hydrogen-bond donors (Lipinski definition) is 1. The van der Waals surface area contributed by atoms with Gasteiger partial charge in [-0.3, -0.25) is 14.4 Å². The van der Waals surface area contributed by atoms with Crippen LogP contribution in [0, 0.1) is 50.2 Å². The third-order valence-corrected chi connectivity index (χ3v) is 17.3. The summed E-state index contributed by atoms with van der Waals surface area (Å²) in [7, 11) is 0. The number of esters is 1. The first-order chi connectivity index (χ1) is 25.0. The number of aliphatic carboxylic acids is 1. The predicted octanol–water partition coefficient (Wildman–Crippen LogP) is 13.2. The van der Waals surface area contributed by atoms with E-state index in [1.54, 1.807) is 0 Å². The average Bonchev–Trinajstić information content (AvgIpc) is 3.09. The SMILES string of the molecule is CCCCCCCCCCCCCCCCCC(=O)O[C@H]1CC[C@]2(C)[C@H]3C(=O)C=C4[C@@H]5C[C@@](C)(C(=O)O)CC[C@]5(C)CC[C@@]4(C)[C@]3(C)CC[C@H]2C1(C)C. The Morgan fingerprint density at radius 1 is 0.717 bits per heavy atom. The maximum atomic E-state index is 14.7. The molecule has 5 aliphatic rings. The van der Waals surface area contributed by atoms with E-state index in [-0.39, 0.29) is 56.8 Å². The summed E-state index contributed by atoms with van der Waals surface area (Å²) in [5, 5.41) is 10.2. The lowest BCUT2D eigenvalue weighted by molar-refractivity contribution is -0.211. The summed E-state index contributed by atoms with van der Waals surface area (Å²) in [5.41, 5.74) is -0.0849. The molecule has 4 saturated carbocycles. The zero-order chi connectivity index (χ0) is 38.7. The van der Waals surface area contributed by atoms with Crippen molar-refractivity contribution in [3.8, 4) is 0 Å². The Balaban J connectivity index is 1.12. The summed E-state index contributed by atoms with van der Waals surface area (Å²) in [4.78, 5) is 40.3. The van der Waals surface area contributed by atoms with Crippen molar-refractivity contribution in [1.82, 2.24) is 0 Å². The van der Waals surface area contributed by atoms with Crippen LogP contribution >= 0.6 is 0 Å². The molecule has 5 heteroatoms. The van der Waals surface area contributed by atoms with Crippen LogP contribution in [0.4, 0.5) is 0 Å². The molecule has 0 aliphatic heterocycles. The fourth-order valence-electron chi connectivity index (χ4n) is 13.4. The van der Waals surface area contributed by atoms with Gasteiger partial charge in [0.05, 0.1) is 5.41 Å². The monoisotopic (exact) mass is 737 g/mol. The van der Waals surface area contributed by atoms with Gasteiger partial charge in [-0.2, -0.15) is 0 Å². The molecule has 5 aliphatic carbocycles. The van der Waals surface area contributed by atoms with Crippen LogP contribution in [-0.4, -0.2) is 28.9 Å². The second-order valence-electron chi connectivity index (χ2n) is 21.1.